The first-order valence-corrected chi connectivity index (χ1v) is 9.87. The molecule has 4 nitrogen and oxygen atoms in total. The number of fused-ring (bicyclic) bond motifs is 2. The van der Waals surface area contributed by atoms with Crippen molar-refractivity contribution in [2.24, 2.45) is 23.7 Å². The zero-order valence-corrected chi connectivity index (χ0v) is 15.5. The largest absolute Gasteiger partial charge is 0.390 e. The third-order valence-corrected chi connectivity index (χ3v) is 7.44. The lowest BCUT2D eigenvalue weighted by atomic mass is 9.75. The Bertz CT molecular complexity index is 957. The molecule has 4 fully saturated rings. The Morgan fingerprint density at radius 1 is 1.11 bits per heavy atom. The van der Waals surface area contributed by atoms with Crippen molar-refractivity contribution in [1.82, 2.24) is 0 Å². The van der Waals surface area contributed by atoms with E-state index >= 15 is 0 Å². The standard InChI is InChI=1S/C23H23NO3/c1-12-8-9-17(13(2)10-12)24-22(26)18-15-11-16-19(18)23(24,27-21(16)20(15)25)14-6-4-3-5-7-14/h3-10,15-16,18-21,25H,11H2,1-2H3. The van der Waals surface area contributed by atoms with Gasteiger partial charge in [0.25, 0.3) is 0 Å². The maximum atomic E-state index is 13.7. The van der Waals surface area contributed by atoms with Crippen LogP contribution in [-0.2, 0) is 15.3 Å². The van der Waals surface area contributed by atoms with E-state index in [9.17, 15) is 9.90 Å². The average molecular weight is 361 g/mol. The van der Waals surface area contributed by atoms with Crippen molar-refractivity contribution < 1.29 is 14.6 Å². The topological polar surface area (TPSA) is 49.8 Å². The molecular formula is C23H23NO3. The van der Waals surface area contributed by atoms with Gasteiger partial charge in [0, 0.05) is 17.2 Å². The molecule has 2 saturated heterocycles. The molecule has 138 valence electrons. The molecule has 2 aromatic rings. The summed E-state index contributed by atoms with van der Waals surface area (Å²) in [6, 6.07) is 16.4. The summed E-state index contributed by atoms with van der Waals surface area (Å²) in [6.45, 7) is 4.13. The molecule has 0 spiro atoms. The van der Waals surface area contributed by atoms with Crippen molar-refractivity contribution in [1.29, 1.82) is 0 Å². The summed E-state index contributed by atoms with van der Waals surface area (Å²) < 4.78 is 6.69. The highest BCUT2D eigenvalue weighted by atomic mass is 16.6. The van der Waals surface area contributed by atoms with Crippen molar-refractivity contribution >= 4 is 11.6 Å². The summed E-state index contributed by atoms with van der Waals surface area (Å²) in [6.07, 6.45) is 0.215. The van der Waals surface area contributed by atoms with Gasteiger partial charge in [0.15, 0.2) is 5.72 Å². The number of carbonyl (C=O) groups is 1. The summed E-state index contributed by atoms with van der Waals surface area (Å²) in [4.78, 5) is 15.6. The summed E-state index contributed by atoms with van der Waals surface area (Å²) in [5, 5.41) is 10.8. The van der Waals surface area contributed by atoms with Crippen molar-refractivity contribution in [3.05, 3.63) is 65.2 Å². The van der Waals surface area contributed by atoms with Crippen molar-refractivity contribution in [3.63, 3.8) is 0 Å². The van der Waals surface area contributed by atoms with E-state index in [2.05, 4.69) is 38.1 Å². The number of anilines is 1. The highest BCUT2D eigenvalue weighted by Gasteiger charge is 2.79. The van der Waals surface area contributed by atoms with Gasteiger partial charge in [0.05, 0.1) is 18.1 Å². The molecule has 0 aromatic heterocycles. The van der Waals surface area contributed by atoms with Crippen LogP contribution in [0.4, 0.5) is 5.69 Å². The molecule has 0 radical (unpaired) electrons. The van der Waals surface area contributed by atoms with E-state index in [0.717, 1.165) is 23.2 Å². The molecule has 2 heterocycles. The SMILES string of the molecule is Cc1ccc(N2C(=O)C3C4CC5C(OC2(c2ccccc2)C53)C4O)c(C)c1. The number of aliphatic hydroxyl groups is 1. The van der Waals surface area contributed by atoms with Gasteiger partial charge in [0.1, 0.15) is 0 Å². The molecule has 7 atom stereocenters. The molecule has 7 unspecified atom stereocenters. The molecule has 2 bridgehead atoms. The number of carbonyl (C=O) groups excluding carboxylic acids is 1. The molecule has 2 aromatic carbocycles. The Kier molecular flexibility index (Phi) is 2.94. The number of hydrogen-bond donors (Lipinski definition) is 1. The Hall–Kier alpha value is -2.17. The first-order valence-electron chi connectivity index (χ1n) is 9.87. The van der Waals surface area contributed by atoms with Crippen LogP contribution in [0.25, 0.3) is 0 Å². The van der Waals surface area contributed by atoms with Gasteiger partial charge < -0.3 is 9.84 Å². The summed E-state index contributed by atoms with van der Waals surface area (Å²) in [5.41, 5.74) is 3.41. The number of aryl methyl sites for hydroxylation is 2. The number of aliphatic hydroxyl groups excluding tert-OH is 1. The number of benzene rings is 2. The molecule has 4 aliphatic rings. The zero-order chi connectivity index (χ0) is 18.5. The summed E-state index contributed by atoms with van der Waals surface area (Å²) >= 11 is 0. The fraction of sp³-hybridized carbons (Fsp3) is 0.435. The summed E-state index contributed by atoms with van der Waals surface area (Å²) in [7, 11) is 0. The molecule has 2 saturated carbocycles. The zero-order valence-electron chi connectivity index (χ0n) is 15.5. The monoisotopic (exact) mass is 361 g/mol. The fourth-order valence-corrected chi connectivity index (χ4v) is 6.58. The van der Waals surface area contributed by atoms with Gasteiger partial charge in [-0.3, -0.25) is 9.69 Å². The number of amides is 1. The van der Waals surface area contributed by atoms with Crippen LogP contribution in [0.2, 0.25) is 0 Å². The van der Waals surface area contributed by atoms with E-state index in [-0.39, 0.29) is 35.7 Å². The second-order valence-corrected chi connectivity index (χ2v) is 8.71. The Morgan fingerprint density at radius 3 is 2.63 bits per heavy atom. The van der Waals surface area contributed by atoms with Gasteiger partial charge in [0.2, 0.25) is 5.91 Å². The van der Waals surface area contributed by atoms with E-state index in [1.165, 1.54) is 5.56 Å². The second-order valence-electron chi connectivity index (χ2n) is 8.71. The third kappa shape index (κ3) is 1.70. The number of nitrogens with zero attached hydrogens (tertiary/aromatic N) is 1. The van der Waals surface area contributed by atoms with Crippen LogP contribution in [-0.4, -0.2) is 23.2 Å². The number of rotatable bonds is 2. The third-order valence-electron chi connectivity index (χ3n) is 7.44. The van der Waals surface area contributed by atoms with Crippen LogP contribution < -0.4 is 4.90 Å². The minimum absolute atomic E-state index is 0.0267. The molecule has 4 heteroatoms. The van der Waals surface area contributed by atoms with Crippen molar-refractivity contribution in [2.75, 3.05) is 4.90 Å². The minimum atomic E-state index is -0.801. The van der Waals surface area contributed by atoms with Crippen LogP contribution in [0.1, 0.15) is 23.1 Å². The maximum absolute atomic E-state index is 13.7. The quantitative estimate of drug-likeness (QED) is 0.894. The van der Waals surface area contributed by atoms with Crippen LogP contribution in [0.5, 0.6) is 0 Å². The molecule has 27 heavy (non-hydrogen) atoms. The molecular weight excluding hydrogens is 338 g/mol. The molecule has 6 rings (SSSR count). The van der Waals surface area contributed by atoms with Gasteiger partial charge in [-0.25, -0.2) is 0 Å². The van der Waals surface area contributed by atoms with E-state index in [4.69, 9.17) is 4.74 Å². The smallest absolute Gasteiger partial charge is 0.233 e. The highest BCUT2D eigenvalue weighted by Crippen LogP contribution is 2.70. The van der Waals surface area contributed by atoms with Crippen LogP contribution in [0, 0.1) is 37.5 Å². The Morgan fingerprint density at radius 2 is 1.89 bits per heavy atom. The fourth-order valence-electron chi connectivity index (χ4n) is 6.58. The van der Waals surface area contributed by atoms with E-state index in [1.807, 2.05) is 29.2 Å². The highest BCUT2D eigenvalue weighted by molar-refractivity contribution is 6.01. The van der Waals surface area contributed by atoms with E-state index in [0.29, 0.717) is 0 Å². The lowest BCUT2D eigenvalue weighted by Crippen LogP contribution is -2.49. The normalized spacial score (nSPS) is 41.0. The van der Waals surface area contributed by atoms with Crippen LogP contribution >= 0.6 is 0 Å². The lowest BCUT2D eigenvalue weighted by molar-refractivity contribution is -0.133. The first kappa shape index (κ1) is 15.8. The first-order chi connectivity index (χ1) is 13.0. The van der Waals surface area contributed by atoms with E-state index in [1.54, 1.807) is 0 Å². The van der Waals surface area contributed by atoms with Crippen LogP contribution in [0.15, 0.2) is 48.5 Å². The minimum Gasteiger partial charge on any atom is -0.390 e. The van der Waals surface area contributed by atoms with Gasteiger partial charge in [-0.2, -0.15) is 0 Å². The average Bonchev–Trinajstić information content (AvgIpc) is 3.33. The molecule has 1 N–H and O–H groups in total. The number of ether oxygens (including phenoxy) is 1. The summed E-state index contributed by atoms with van der Waals surface area (Å²) in [5.74, 6) is 0.366. The lowest BCUT2D eigenvalue weighted by Gasteiger charge is -2.40. The van der Waals surface area contributed by atoms with Crippen molar-refractivity contribution in [3.8, 4) is 0 Å². The molecule has 2 aliphatic heterocycles. The van der Waals surface area contributed by atoms with Crippen LogP contribution in [0.3, 0.4) is 0 Å². The van der Waals surface area contributed by atoms with Crippen molar-refractivity contribution in [2.45, 2.75) is 38.2 Å². The Balaban J connectivity index is 1.62. The van der Waals surface area contributed by atoms with Gasteiger partial charge in [-0.15, -0.1) is 0 Å². The maximum Gasteiger partial charge on any atom is 0.233 e. The molecule has 2 aliphatic carbocycles. The molecule has 1 amide bonds. The number of hydrogen-bond acceptors (Lipinski definition) is 3. The Labute approximate surface area is 158 Å². The van der Waals surface area contributed by atoms with Gasteiger partial charge in [-0.1, -0.05) is 48.0 Å². The van der Waals surface area contributed by atoms with Gasteiger partial charge >= 0.3 is 0 Å². The van der Waals surface area contributed by atoms with E-state index < -0.39 is 11.8 Å². The predicted molar refractivity (Wildman–Crippen MR) is 101 cm³/mol. The van der Waals surface area contributed by atoms with Gasteiger partial charge in [-0.05, 0) is 43.7 Å². The second kappa shape index (κ2) is 5.00. The predicted octanol–water partition coefficient (Wildman–Crippen LogP) is 3.14.